The smallest absolute Gasteiger partial charge is 0.251 e. The molecule has 0 bridgehead atoms. The van der Waals surface area contributed by atoms with Crippen molar-refractivity contribution in [2.45, 2.75) is 31.2 Å². The number of amides is 1. The first-order valence-electron chi connectivity index (χ1n) is 9.73. The van der Waals surface area contributed by atoms with Crippen molar-refractivity contribution in [3.8, 4) is 0 Å². The minimum absolute atomic E-state index is 0.0160. The van der Waals surface area contributed by atoms with Gasteiger partial charge in [-0.3, -0.25) is 4.79 Å². The van der Waals surface area contributed by atoms with Gasteiger partial charge in [-0.25, -0.2) is 12.8 Å². The SMILES string of the molecule is CCC(C)NC(=O)c1cccc(S(=O)(=O)N2CCN(c3ccc(F)cc3)CC2)c1. The molecule has 8 heteroatoms. The third-order valence-corrected chi connectivity index (χ3v) is 7.05. The Bertz CT molecular complexity index is 955. The highest BCUT2D eigenvalue weighted by Crippen LogP contribution is 2.22. The van der Waals surface area contributed by atoms with E-state index >= 15 is 0 Å². The van der Waals surface area contributed by atoms with Crippen LogP contribution in [-0.4, -0.2) is 50.9 Å². The van der Waals surface area contributed by atoms with Gasteiger partial charge in [-0.15, -0.1) is 0 Å². The Balaban J connectivity index is 1.70. The van der Waals surface area contributed by atoms with Gasteiger partial charge in [0, 0.05) is 43.5 Å². The highest BCUT2D eigenvalue weighted by Gasteiger charge is 2.29. The molecule has 6 nitrogen and oxygen atoms in total. The number of anilines is 1. The Labute approximate surface area is 171 Å². The van der Waals surface area contributed by atoms with E-state index in [9.17, 15) is 17.6 Å². The van der Waals surface area contributed by atoms with Crippen molar-refractivity contribution in [1.29, 1.82) is 0 Å². The third kappa shape index (κ3) is 4.94. The second-order valence-electron chi connectivity index (χ2n) is 7.18. The number of piperazine rings is 1. The van der Waals surface area contributed by atoms with E-state index in [0.29, 0.717) is 31.7 Å². The van der Waals surface area contributed by atoms with E-state index in [4.69, 9.17) is 0 Å². The molecule has 2 aromatic rings. The van der Waals surface area contributed by atoms with Crippen LogP contribution in [0.2, 0.25) is 0 Å². The fourth-order valence-corrected chi connectivity index (χ4v) is 4.66. The molecule has 3 rings (SSSR count). The number of benzene rings is 2. The van der Waals surface area contributed by atoms with Gasteiger partial charge in [-0.05, 0) is 55.8 Å². The van der Waals surface area contributed by atoms with Crippen molar-refractivity contribution >= 4 is 21.6 Å². The number of carbonyl (C=O) groups is 1. The van der Waals surface area contributed by atoms with Crippen LogP contribution in [0.4, 0.5) is 10.1 Å². The average molecular weight is 420 g/mol. The number of nitrogens with one attached hydrogen (secondary N) is 1. The Kier molecular flexibility index (Phi) is 6.54. The molecular weight excluding hydrogens is 393 g/mol. The molecule has 1 amide bonds. The van der Waals surface area contributed by atoms with Crippen molar-refractivity contribution < 1.29 is 17.6 Å². The van der Waals surface area contributed by atoms with Gasteiger partial charge < -0.3 is 10.2 Å². The molecule has 1 N–H and O–H groups in total. The minimum Gasteiger partial charge on any atom is -0.369 e. The number of rotatable bonds is 6. The van der Waals surface area contributed by atoms with E-state index < -0.39 is 10.0 Å². The molecule has 1 saturated heterocycles. The van der Waals surface area contributed by atoms with Gasteiger partial charge >= 0.3 is 0 Å². The number of halogens is 1. The fraction of sp³-hybridized carbons (Fsp3) is 0.381. The third-order valence-electron chi connectivity index (χ3n) is 5.15. The van der Waals surface area contributed by atoms with Crippen molar-refractivity contribution in [3.05, 3.63) is 59.9 Å². The second kappa shape index (κ2) is 8.92. The van der Waals surface area contributed by atoms with E-state index in [1.807, 2.05) is 18.7 Å². The first kappa shape index (κ1) is 21.3. The summed E-state index contributed by atoms with van der Waals surface area (Å²) in [5.41, 5.74) is 1.20. The van der Waals surface area contributed by atoms with Crippen LogP contribution in [0.5, 0.6) is 0 Å². The van der Waals surface area contributed by atoms with Crippen molar-refractivity contribution in [1.82, 2.24) is 9.62 Å². The Morgan fingerprint density at radius 3 is 2.38 bits per heavy atom. The maximum atomic E-state index is 13.1. The molecule has 0 aliphatic carbocycles. The number of hydrogen-bond acceptors (Lipinski definition) is 4. The predicted molar refractivity (Wildman–Crippen MR) is 111 cm³/mol. The Morgan fingerprint density at radius 2 is 1.76 bits per heavy atom. The first-order valence-corrected chi connectivity index (χ1v) is 11.2. The number of sulfonamides is 1. The van der Waals surface area contributed by atoms with Gasteiger partial charge in [-0.2, -0.15) is 4.31 Å². The van der Waals surface area contributed by atoms with Gasteiger partial charge in [0.1, 0.15) is 5.82 Å². The summed E-state index contributed by atoms with van der Waals surface area (Å²) < 4.78 is 40.6. The first-order chi connectivity index (χ1) is 13.8. The Hall–Kier alpha value is -2.45. The predicted octanol–water partition coefficient (Wildman–Crippen LogP) is 2.86. The van der Waals surface area contributed by atoms with Gasteiger partial charge in [0.25, 0.3) is 5.91 Å². The van der Waals surface area contributed by atoms with E-state index in [0.717, 1.165) is 12.1 Å². The molecule has 0 spiro atoms. The van der Waals surface area contributed by atoms with E-state index in [1.54, 1.807) is 24.3 Å². The zero-order valence-corrected chi connectivity index (χ0v) is 17.5. The lowest BCUT2D eigenvalue weighted by Gasteiger charge is -2.35. The van der Waals surface area contributed by atoms with Crippen molar-refractivity contribution in [2.24, 2.45) is 0 Å². The Morgan fingerprint density at radius 1 is 1.10 bits per heavy atom. The lowest BCUT2D eigenvalue weighted by molar-refractivity contribution is 0.0939. The summed E-state index contributed by atoms with van der Waals surface area (Å²) >= 11 is 0. The summed E-state index contributed by atoms with van der Waals surface area (Å²) in [6, 6.07) is 12.3. The molecule has 2 aromatic carbocycles. The van der Waals surface area contributed by atoms with Gasteiger partial charge in [0.2, 0.25) is 10.0 Å². The molecule has 1 heterocycles. The second-order valence-corrected chi connectivity index (χ2v) is 9.12. The van der Waals surface area contributed by atoms with Crippen molar-refractivity contribution in [2.75, 3.05) is 31.1 Å². The molecule has 0 radical (unpaired) electrons. The summed E-state index contributed by atoms with van der Waals surface area (Å²) in [5.74, 6) is -0.579. The lowest BCUT2D eigenvalue weighted by atomic mass is 10.2. The van der Waals surface area contributed by atoms with Gasteiger partial charge in [-0.1, -0.05) is 13.0 Å². The van der Waals surface area contributed by atoms with E-state index in [-0.39, 0.29) is 22.7 Å². The highest BCUT2D eigenvalue weighted by molar-refractivity contribution is 7.89. The number of hydrogen-bond donors (Lipinski definition) is 1. The minimum atomic E-state index is -3.70. The van der Waals surface area contributed by atoms with Crippen LogP contribution in [0.15, 0.2) is 53.4 Å². The molecule has 1 atom stereocenters. The fourth-order valence-electron chi connectivity index (χ4n) is 3.19. The molecule has 1 aliphatic rings. The van der Waals surface area contributed by atoms with Crippen molar-refractivity contribution in [3.63, 3.8) is 0 Å². The molecule has 0 aromatic heterocycles. The molecule has 1 fully saturated rings. The molecular formula is C21H26FN3O3S. The normalized spacial score (nSPS) is 16.4. The zero-order chi connectivity index (χ0) is 21.0. The lowest BCUT2D eigenvalue weighted by Crippen LogP contribution is -2.48. The van der Waals surface area contributed by atoms with Crippen LogP contribution in [0.3, 0.4) is 0 Å². The molecule has 0 saturated carbocycles. The number of nitrogens with zero attached hydrogens (tertiary/aromatic N) is 2. The summed E-state index contributed by atoms with van der Waals surface area (Å²) in [6.45, 7) is 5.54. The molecule has 156 valence electrons. The van der Waals surface area contributed by atoms with Crippen LogP contribution in [0.25, 0.3) is 0 Å². The average Bonchev–Trinajstić information content (AvgIpc) is 2.74. The zero-order valence-electron chi connectivity index (χ0n) is 16.6. The van der Waals surface area contributed by atoms with Crippen LogP contribution in [-0.2, 0) is 10.0 Å². The standard InChI is InChI=1S/C21H26FN3O3S/c1-3-16(2)23-21(26)17-5-4-6-20(15-17)29(27,28)25-13-11-24(12-14-25)19-9-7-18(22)8-10-19/h4-10,15-16H,3,11-14H2,1-2H3,(H,23,26). The molecule has 1 unspecified atom stereocenters. The summed E-state index contributed by atoms with van der Waals surface area (Å²) in [5, 5.41) is 2.85. The summed E-state index contributed by atoms with van der Waals surface area (Å²) in [4.78, 5) is 14.5. The molecule has 29 heavy (non-hydrogen) atoms. The highest BCUT2D eigenvalue weighted by atomic mass is 32.2. The van der Waals surface area contributed by atoms with E-state index in [1.165, 1.54) is 28.6 Å². The van der Waals surface area contributed by atoms with Gasteiger partial charge in [0.15, 0.2) is 0 Å². The monoisotopic (exact) mass is 419 g/mol. The molecule has 1 aliphatic heterocycles. The van der Waals surface area contributed by atoms with Crippen LogP contribution < -0.4 is 10.2 Å². The van der Waals surface area contributed by atoms with Crippen LogP contribution in [0, 0.1) is 5.82 Å². The van der Waals surface area contributed by atoms with E-state index in [2.05, 4.69) is 5.32 Å². The summed E-state index contributed by atoms with van der Waals surface area (Å²) in [7, 11) is -3.70. The number of carbonyl (C=O) groups excluding carboxylic acids is 1. The maximum absolute atomic E-state index is 13.1. The van der Waals surface area contributed by atoms with Gasteiger partial charge in [0.05, 0.1) is 4.90 Å². The quantitative estimate of drug-likeness (QED) is 0.782. The summed E-state index contributed by atoms with van der Waals surface area (Å²) in [6.07, 6.45) is 0.794. The topological polar surface area (TPSA) is 69.7 Å². The largest absolute Gasteiger partial charge is 0.369 e. The van der Waals surface area contributed by atoms with Crippen LogP contribution in [0.1, 0.15) is 30.6 Å². The van der Waals surface area contributed by atoms with Crippen LogP contribution >= 0.6 is 0 Å². The maximum Gasteiger partial charge on any atom is 0.251 e.